The lowest BCUT2D eigenvalue weighted by Gasteiger charge is -2.18. The van der Waals surface area contributed by atoms with Crippen LogP contribution in [0.1, 0.15) is 20.8 Å². The molecule has 0 spiro atoms. The summed E-state index contributed by atoms with van der Waals surface area (Å²) < 4.78 is 0. The molecule has 0 aliphatic carbocycles. The van der Waals surface area contributed by atoms with Gasteiger partial charge < -0.3 is 0 Å². The molecule has 1 heteroatoms. The normalized spacial score (nSPS) is 11.5. The highest BCUT2D eigenvalue weighted by atomic mass is 35.5. The molecule has 8 heavy (non-hydrogen) atoms. The lowest BCUT2D eigenvalue weighted by molar-refractivity contribution is 0.576. The maximum Gasteiger partial charge on any atom is 0.0781 e. The molecule has 0 aliphatic heterocycles. The number of hydrogen-bond acceptors (Lipinski definition) is 0. The second-order valence-electron chi connectivity index (χ2n) is 2.30. The minimum atomic E-state index is -0.248. The Morgan fingerprint density at radius 3 is 2.00 bits per heavy atom. The Labute approximate surface area is 56.2 Å². The summed E-state index contributed by atoms with van der Waals surface area (Å²) in [6.07, 6.45) is 5.15. The third kappa shape index (κ3) is 1.76. The number of terminal acetylenes is 1. The molecule has 0 saturated carbocycles. The first-order valence-corrected chi connectivity index (χ1v) is 2.86. The Morgan fingerprint density at radius 1 is 1.62 bits per heavy atom. The fourth-order valence-corrected chi connectivity index (χ4v) is 0.154. The molecule has 0 nitrogen and oxygen atoms in total. The second kappa shape index (κ2) is 2.42. The van der Waals surface area contributed by atoms with Crippen LogP contribution >= 0.6 is 11.6 Å². The van der Waals surface area contributed by atoms with E-state index in [0.29, 0.717) is 0 Å². The summed E-state index contributed by atoms with van der Waals surface area (Å²) >= 11 is 5.64. The molecule has 0 atom stereocenters. The average Bonchev–Trinajstić information content (AvgIpc) is 1.67. The van der Waals surface area contributed by atoms with Gasteiger partial charge in [0.25, 0.3) is 0 Å². The summed E-state index contributed by atoms with van der Waals surface area (Å²) in [4.78, 5) is 0. The van der Waals surface area contributed by atoms with Gasteiger partial charge in [-0.3, -0.25) is 0 Å². The van der Waals surface area contributed by atoms with Crippen LogP contribution in [-0.2, 0) is 0 Å². The Kier molecular flexibility index (Phi) is 2.37. The standard InChI is InChI=1S/C7H10Cl/c1-5-7(3,4)6(2)8/h1H,2-4H3. The van der Waals surface area contributed by atoms with Crippen molar-refractivity contribution in [2.24, 2.45) is 5.41 Å². The van der Waals surface area contributed by atoms with Crippen LogP contribution in [-0.4, -0.2) is 0 Å². The Hall–Kier alpha value is -0.150. The van der Waals surface area contributed by atoms with Gasteiger partial charge in [-0.2, -0.15) is 0 Å². The van der Waals surface area contributed by atoms with Crippen molar-refractivity contribution in [2.45, 2.75) is 20.8 Å². The number of rotatable bonds is 1. The van der Waals surface area contributed by atoms with Gasteiger partial charge in [-0.15, -0.1) is 18.0 Å². The minimum absolute atomic E-state index is 0.248. The van der Waals surface area contributed by atoms with E-state index >= 15 is 0 Å². The molecule has 0 aliphatic rings. The van der Waals surface area contributed by atoms with Gasteiger partial charge in [-0.05, 0) is 20.8 Å². The van der Waals surface area contributed by atoms with Gasteiger partial charge in [-0.25, -0.2) is 0 Å². The molecular formula is C7H10Cl. The van der Waals surface area contributed by atoms with Crippen molar-refractivity contribution < 1.29 is 0 Å². The molecule has 0 amide bonds. The fourth-order valence-electron chi connectivity index (χ4n) is 0.0994. The van der Waals surface area contributed by atoms with Crippen LogP contribution in [0.3, 0.4) is 0 Å². The summed E-state index contributed by atoms with van der Waals surface area (Å²) in [6.45, 7) is 5.64. The number of halogens is 1. The van der Waals surface area contributed by atoms with E-state index in [1.165, 1.54) is 0 Å². The smallest absolute Gasteiger partial charge is 0.0781 e. The van der Waals surface area contributed by atoms with Crippen LogP contribution in [0, 0.1) is 23.1 Å². The van der Waals surface area contributed by atoms with Gasteiger partial charge in [0.2, 0.25) is 0 Å². The average molecular weight is 130 g/mol. The zero-order valence-corrected chi connectivity index (χ0v) is 6.21. The molecule has 1 radical (unpaired) electrons. The predicted molar refractivity (Wildman–Crippen MR) is 37.4 cm³/mol. The molecule has 45 valence electrons. The van der Waals surface area contributed by atoms with E-state index in [0.717, 1.165) is 5.38 Å². The van der Waals surface area contributed by atoms with Crippen LogP contribution in [0.25, 0.3) is 0 Å². The molecule has 0 rings (SSSR count). The van der Waals surface area contributed by atoms with E-state index in [1.807, 2.05) is 20.8 Å². The van der Waals surface area contributed by atoms with Gasteiger partial charge in [-0.1, -0.05) is 5.92 Å². The third-order valence-corrected chi connectivity index (χ3v) is 1.69. The molecule has 0 saturated heterocycles. The molecule has 0 aromatic carbocycles. The van der Waals surface area contributed by atoms with E-state index in [-0.39, 0.29) is 5.41 Å². The molecule has 0 unspecified atom stereocenters. The zero-order valence-electron chi connectivity index (χ0n) is 5.46. The molecule has 0 fully saturated rings. The van der Waals surface area contributed by atoms with Crippen LogP contribution in [0.4, 0.5) is 0 Å². The molecule has 0 bridgehead atoms. The van der Waals surface area contributed by atoms with E-state index in [4.69, 9.17) is 18.0 Å². The highest BCUT2D eigenvalue weighted by molar-refractivity contribution is 6.27. The van der Waals surface area contributed by atoms with Crippen molar-refractivity contribution in [2.75, 3.05) is 0 Å². The van der Waals surface area contributed by atoms with Crippen LogP contribution in [0.5, 0.6) is 0 Å². The van der Waals surface area contributed by atoms with Crippen molar-refractivity contribution in [1.29, 1.82) is 0 Å². The summed E-state index contributed by atoms with van der Waals surface area (Å²) in [5, 5.41) is 0.764. The summed E-state index contributed by atoms with van der Waals surface area (Å²) in [7, 11) is 0. The zero-order chi connectivity index (χ0) is 6.78. The maximum absolute atomic E-state index is 5.64. The Morgan fingerprint density at radius 2 is 2.00 bits per heavy atom. The SMILES string of the molecule is C#CC(C)(C)[C](C)Cl. The first-order valence-electron chi connectivity index (χ1n) is 2.48. The second-order valence-corrected chi connectivity index (χ2v) is 2.87. The monoisotopic (exact) mass is 129 g/mol. The van der Waals surface area contributed by atoms with Gasteiger partial charge in [0.1, 0.15) is 0 Å². The van der Waals surface area contributed by atoms with Gasteiger partial charge in [0.05, 0.1) is 5.38 Å². The highest BCUT2D eigenvalue weighted by Gasteiger charge is 2.20. The summed E-state index contributed by atoms with van der Waals surface area (Å²) in [6, 6.07) is 0. The largest absolute Gasteiger partial charge is 0.119 e. The van der Waals surface area contributed by atoms with Crippen LogP contribution < -0.4 is 0 Å². The van der Waals surface area contributed by atoms with Gasteiger partial charge >= 0.3 is 0 Å². The fraction of sp³-hybridized carbons (Fsp3) is 0.571. The predicted octanol–water partition coefficient (Wildman–Crippen LogP) is 2.44. The highest BCUT2D eigenvalue weighted by Crippen LogP contribution is 2.29. The molecule has 0 aromatic heterocycles. The first-order chi connectivity index (χ1) is 3.50. The topological polar surface area (TPSA) is 0 Å². The lowest BCUT2D eigenvalue weighted by Crippen LogP contribution is -2.11. The van der Waals surface area contributed by atoms with E-state index < -0.39 is 0 Å². The van der Waals surface area contributed by atoms with Crippen molar-refractivity contribution in [3.63, 3.8) is 0 Å². The molecular weight excluding hydrogens is 120 g/mol. The van der Waals surface area contributed by atoms with Crippen molar-refractivity contribution in [3.8, 4) is 12.3 Å². The maximum atomic E-state index is 5.64. The van der Waals surface area contributed by atoms with Crippen molar-refractivity contribution >= 4 is 11.6 Å². The Balaban J connectivity index is 3.97. The van der Waals surface area contributed by atoms with Crippen LogP contribution in [0.2, 0.25) is 0 Å². The Bertz CT molecular complexity index is 106. The molecule has 0 aromatic rings. The lowest BCUT2D eigenvalue weighted by atomic mass is 9.91. The third-order valence-electron chi connectivity index (χ3n) is 1.22. The molecule has 0 heterocycles. The summed E-state index contributed by atoms with van der Waals surface area (Å²) in [5.74, 6) is 2.57. The first kappa shape index (κ1) is 7.85. The van der Waals surface area contributed by atoms with E-state index in [9.17, 15) is 0 Å². The molecule has 0 N–H and O–H groups in total. The van der Waals surface area contributed by atoms with Crippen molar-refractivity contribution in [3.05, 3.63) is 5.38 Å². The van der Waals surface area contributed by atoms with Crippen LogP contribution in [0.15, 0.2) is 0 Å². The summed E-state index contributed by atoms with van der Waals surface area (Å²) in [5.41, 5.74) is -0.248. The minimum Gasteiger partial charge on any atom is -0.119 e. The van der Waals surface area contributed by atoms with Gasteiger partial charge in [0.15, 0.2) is 0 Å². The van der Waals surface area contributed by atoms with Gasteiger partial charge in [0, 0.05) is 5.41 Å². The van der Waals surface area contributed by atoms with Crippen molar-refractivity contribution in [1.82, 2.24) is 0 Å². The number of hydrogen-bond donors (Lipinski definition) is 0. The van der Waals surface area contributed by atoms with E-state index in [1.54, 1.807) is 0 Å². The quantitative estimate of drug-likeness (QED) is 0.477. The van der Waals surface area contributed by atoms with E-state index in [2.05, 4.69) is 5.92 Å².